The third kappa shape index (κ3) is 3.95. The van der Waals surface area contributed by atoms with E-state index in [1.165, 1.54) is 6.07 Å². The van der Waals surface area contributed by atoms with Crippen molar-refractivity contribution in [3.8, 4) is 18.2 Å². The third-order valence-electron chi connectivity index (χ3n) is 6.83. The van der Waals surface area contributed by atoms with Crippen LogP contribution >= 0.6 is 0 Å². The molecule has 3 aromatic carbocycles. The van der Waals surface area contributed by atoms with E-state index in [1.807, 2.05) is 6.07 Å². The number of fused-ring (bicyclic) bond motifs is 2. The van der Waals surface area contributed by atoms with Crippen molar-refractivity contribution in [2.45, 2.75) is 0 Å². The zero-order valence-electron chi connectivity index (χ0n) is 21.1. The summed E-state index contributed by atoms with van der Waals surface area (Å²) in [7, 11) is 0. The molecule has 0 fully saturated rings. The van der Waals surface area contributed by atoms with Crippen molar-refractivity contribution in [1.29, 1.82) is 15.8 Å². The molecule has 6 nitrogen and oxygen atoms in total. The lowest BCUT2D eigenvalue weighted by Crippen LogP contribution is -2.01. The van der Waals surface area contributed by atoms with Crippen molar-refractivity contribution in [2.24, 2.45) is 0 Å². The molecule has 0 amide bonds. The molecule has 11 heteroatoms. The molecule has 5 rings (SSSR count). The SMILES string of the molecule is [C-]#[N+]C1=C(c2ccc(F)c(F)c2)/C(=C(/C#N)[N+]#[C-])c2c1cc1c(c2F)/C(=C(/C#N)[N+]#[C-])C(c2ccc(F)c(F)c2)=C1C#N. The molecule has 0 heterocycles. The van der Waals surface area contributed by atoms with Crippen LogP contribution in [0.1, 0.15) is 33.4 Å². The molecule has 0 aliphatic heterocycles. The Labute approximate surface area is 240 Å². The minimum atomic E-state index is -1.32. The molecule has 2 aliphatic carbocycles. The van der Waals surface area contributed by atoms with Gasteiger partial charge in [0.1, 0.15) is 11.9 Å². The van der Waals surface area contributed by atoms with Gasteiger partial charge in [-0.25, -0.2) is 47.0 Å². The second kappa shape index (κ2) is 10.3. The van der Waals surface area contributed by atoms with Crippen molar-refractivity contribution in [3.63, 3.8) is 0 Å². The lowest BCUT2D eigenvalue weighted by atomic mass is 9.90. The second-order valence-electron chi connectivity index (χ2n) is 8.89. The fraction of sp³-hybridized carbons (Fsp3) is 0. The highest BCUT2D eigenvalue weighted by Gasteiger charge is 2.40. The molecule has 0 saturated heterocycles. The topological polar surface area (TPSA) is 84.4 Å². The summed E-state index contributed by atoms with van der Waals surface area (Å²) in [5.41, 5.74) is -5.17. The summed E-state index contributed by atoms with van der Waals surface area (Å²) < 4.78 is 73.0. The van der Waals surface area contributed by atoms with Gasteiger partial charge in [-0.15, -0.1) is 0 Å². The maximum atomic E-state index is 16.9. The Morgan fingerprint density at radius 2 is 1.12 bits per heavy atom. The first-order chi connectivity index (χ1) is 20.7. The molecule has 0 atom stereocenters. The van der Waals surface area contributed by atoms with Crippen molar-refractivity contribution in [1.82, 2.24) is 0 Å². The van der Waals surface area contributed by atoms with Crippen LogP contribution in [0.25, 0.3) is 48.1 Å². The number of rotatable bonds is 2. The van der Waals surface area contributed by atoms with E-state index < -0.39 is 62.8 Å². The number of benzene rings is 3. The van der Waals surface area contributed by atoms with Gasteiger partial charge < -0.3 is 0 Å². The summed E-state index contributed by atoms with van der Waals surface area (Å²) in [5.74, 6) is -6.33. The van der Waals surface area contributed by atoms with Crippen molar-refractivity contribution < 1.29 is 22.0 Å². The van der Waals surface area contributed by atoms with Gasteiger partial charge in [0.15, 0.2) is 23.3 Å². The molecule has 0 aromatic heterocycles. The van der Waals surface area contributed by atoms with Crippen LogP contribution < -0.4 is 0 Å². The molecule has 0 unspecified atom stereocenters. The second-order valence-corrected chi connectivity index (χ2v) is 8.89. The minimum absolute atomic E-state index is 0.153. The standard InChI is InChI=1S/C32H7F5N6/c1-41-23(12-39)29-25(14-4-6-19(33)21(35)8-14)18(11-38)16-10-17-28(31(37)27(16)29)30(24(13-40)42-2)26(32(17)43-3)15-5-7-20(34)22(36)9-15/h4-10H/b29-23-,30-24+. The van der Waals surface area contributed by atoms with E-state index in [4.69, 9.17) is 19.7 Å². The van der Waals surface area contributed by atoms with Gasteiger partial charge in [0.25, 0.3) is 11.4 Å². The number of hydrogen-bond donors (Lipinski definition) is 0. The van der Waals surface area contributed by atoms with E-state index in [1.54, 1.807) is 12.1 Å². The van der Waals surface area contributed by atoms with Crippen LogP contribution in [-0.2, 0) is 0 Å². The highest BCUT2D eigenvalue weighted by molar-refractivity contribution is 6.29. The highest BCUT2D eigenvalue weighted by Crippen LogP contribution is 2.56. The summed E-state index contributed by atoms with van der Waals surface area (Å²) >= 11 is 0. The largest absolute Gasteiger partial charge is 0.270 e. The maximum absolute atomic E-state index is 16.9. The van der Waals surface area contributed by atoms with Crippen LogP contribution in [-0.4, -0.2) is 0 Å². The molecule has 2 aliphatic rings. The number of nitrogens with zero attached hydrogens (tertiary/aromatic N) is 6. The van der Waals surface area contributed by atoms with E-state index in [0.29, 0.717) is 12.1 Å². The van der Waals surface area contributed by atoms with Gasteiger partial charge in [0.2, 0.25) is 5.70 Å². The molecular formula is C32H7F5N6. The molecule has 43 heavy (non-hydrogen) atoms. The average Bonchev–Trinajstić information content (AvgIpc) is 3.51. The molecular weight excluding hydrogens is 563 g/mol. The zero-order valence-corrected chi connectivity index (χ0v) is 21.1. The monoisotopic (exact) mass is 570 g/mol. The first-order valence-electron chi connectivity index (χ1n) is 11.8. The Bertz CT molecular complexity index is 2060. The summed E-state index contributed by atoms with van der Waals surface area (Å²) in [6.07, 6.45) is 0. The van der Waals surface area contributed by atoms with Gasteiger partial charge in [-0.1, -0.05) is 18.2 Å². The number of nitriles is 3. The third-order valence-corrected chi connectivity index (χ3v) is 6.83. The van der Waals surface area contributed by atoms with Crippen molar-refractivity contribution >= 4 is 33.6 Å². The Morgan fingerprint density at radius 1 is 0.628 bits per heavy atom. The van der Waals surface area contributed by atoms with Crippen LogP contribution in [0.15, 0.2) is 53.9 Å². The van der Waals surface area contributed by atoms with E-state index in [2.05, 4.69) is 14.5 Å². The van der Waals surface area contributed by atoms with E-state index in [-0.39, 0.29) is 44.7 Å². The first kappa shape index (κ1) is 27.8. The molecule has 0 N–H and O–H groups in total. The Morgan fingerprint density at radius 3 is 1.56 bits per heavy atom. The minimum Gasteiger partial charge on any atom is -0.237 e. The smallest absolute Gasteiger partial charge is 0.237 e. The number of hydrogen-bond acceptors (Lipinski definition) is 3. The fourth-order valence-electron chi connectivity index (χ4n) is 5.14. The van der Waals surface area contributed by atoms with Gasteiger partial charge in [-0.05, 0) is 57.7 Å². The molecule has 200 valence electrons. The summed E-state index contributed by atoms with van der Waals surface area (Å²) in [5, 5.41) is 29.7. The Balaban J connectivity index is 1.99. The summed E-state index contributed by atoms with van der Waals surface area (Å²) in [6.45, 7) is 22.9. The predicted octanol–water partition coefficient (Wildman–Crippen LogP) is 7.94. The van der Waals surface area contributed by atoms with E-state index in [9.17, 15) is 33.3 Å². The highest BCUT2D eigenvalue weighted by atomic mass is 19.2. The van der Waals surface area contributed by atoms with E-state index in [0.717, 1.165) is 24.3 Å². The van der Waals surface area contributed by atoms with Gasteiger partial charge in [-0.2, -0.15) is 5.26 Å². The van der Waals surface area contributed by atoms with Crippen LogP contribution in [0.4, 0.5) is 22.0 Å². The van der Waals surface area contributed by atoms with Gasteiger partial charge in [0.05, 0.1) is 37.4 Å². The summed E-state index contributed by atoms with van der Waals surface area (Å²) in [6, 6.07) is 11.4. The lowest BCUT2D eigenvalue weighted by molar-refractivity contribution is 0.508. The molecule has 3 aromatic rings. The predicted molar refractivity (Wildman–Crippen MR) is 143 cm³/mol. The van der Waals surface area contributed by atoms with Crippen LogP contribution in [0.3, 0.4) is 0 Å². The molecule has 0 saturated carbocycles. The molecule has 0 radical (unpaired) electrons. The van der Waals surface area contributed by atoms with Crippen LogP contribution in [0.5, 0.6) is 0 Å². The number of allylic oxidation sites excluding steroid dienone is 7. The van der Waals surface area contributed by atoms with Crippen molar-refractivity contribution in [2.75, 3.05) is 0 Å². The Hall–Kier alpha value is -6.79. The summed E-state index contributed by atoms with van der Waals surface area (Å²) in [4.78, 5) is 9.73. The average molecular weight is 570 g/mol. The zero-order chi connectivity index (χ0) is 31.2. The van der Waals surface area contributed by atoms with Gasteiger partial charge in [0, 0.05) is 22.3 Å². The quantitative estimate of drug-likeness (QED) is 0.178. The van der Waals surface area contributed by atoms with Crippen LogP contribution in [0.2, 0.25) is 0 Å². The lowest BCUT2D eigenvalue weighted by Gasteiger charge is -2.15. The van der Waals surface area contributed by atoms with Crippen molar-refractivity contribution in [3.05, 3.63) is 151 Å². The molecule has 0 bridgehead atoms. The van der Waals surface area contributed by atoms with Gasteiger partial charge in [-0.3, -0.25) is 0 Å². The normalized spacial score (nSPS) is 15.3. The Kier molecular flexibility index (Phi) is 6.66. The number of halogens is 5. The molecule has 0 spiro atoms. The maximum Gasteiger partial charge on any atom is 0.270 e. The van der Waals surface area contributed by atoms with E-state index >= 15 is 4.39 Å². The fourth-order valence-corrected chi connectivity index (χ4v) is 5.14. The first-order valence-corrected chi connectivity index (χ1v) is 11.8. The van der Waals surface area contributed by atoms with Gasteiger partial charge >= 0.3 is 0 Å². The van der Waals surface area contributed by atoms with Crippen LogP contribution in [0, 0.1) is 82.8 Å².